The minimum atomic E-state index is -0.303. The van der Waals surface area contributed by atoms with Crippen LogP contribution in [-0.2, 0) is 6.54 Å². The summed E-state index contributed by atoms with van der Waals surface area (Å²) in [5.41, 5.74) is 7.61. The third-order valence-electron chi connectivity index (χ3n) is 3.02. The number of nitrogens with zero attached hydrogens (tertiary/aromatic N) is 1. The van der Waals surface area contributed by atoms with Crippen LogP contribution >= 0.6 is 0 Å². The number of aromatic nitrogens is 1. The van der Waals surface area contributed by atoms with Crippen molar-refractivity contribution in [1.29, 1.82) is 0 Å². The van der Waals surface area contributed by atoms with E-state index in [1.165, 1.54) is 22.8 Å². The molecule has 1 heterocycles. The molecular weight excluding hydrogens is 255 g/mol. The number of hydrogen-bond acceptors (Lipinski definition) is 2. The van der Waals surface area contributed by atoms with E-state index in [4.69, 9.17) is 5.73 Å². The van der Waals surface area contributed by atoms with Gasteiger partial charge in [-0.3, -0.25) is 4.79 Å². The van der Waals surface area contributed by atoms with Crippen LogP contribution in [-0.4, -0.2) is 4.57 Å². The van der Waals surface area contributed by atoms with Gasteiger partial charge in [0.1, 0.15) is 5.82 Å². The minimum absolute atomic E-state index is 0.201. The van der Waals surface area contributed by atoms with E-state index < -0.39 is 0 Å². The maximum absolute atomic E-state index is 12.9. The van der Waals surface area contributed by atoms with E-state index in [1.807, 2.05) is 0 Å². The van der Waals surface area contributed by atoms with Crippen LogP contribution < -0.4 is 11.3 Å². The molecule has 2 aromatic rings. The quantitative estimate of drug-likeness (QED) is 0.928. The summed E-state index contributed by atoms with van der Waals surface area (Å²) in [4.78, 5) is 12.3. The molecule has 0 bridgehead atoms. The van der Waals surface area contributed by atoms with E-state index >= 15 is 0 Å². The molecule has 0 aliphatic rings. The summed E-state index contributed by atoms with van der Waals surface area (Å²) >= 11 is 0. The lowest BCUT2D eigenvalue weighted by Crippen LogP contribution is -2.24. The standard InChI is InChI=1S/C16H15FN2O/c1-3-14-15(11(2)18)8-9-19(16(14)20)10-12-4-6-13(17)7-5-12/h3-9H,1-2,10,18H2. The van der Waals surface area contributed by atoms with Gasteiger partial charge < -0.3 is 10.3 Å². The first-order valence-corrected chi connectivity index (χ1v) is 6.08. The normalized spacial score (nSPS) is 10.2. The van der Waals surface area contributed by atoms with E-state index in [0.717, 1.165) is 5.56 Å². The molecule has 102 valence electrons. The van der Waals surface area contributed by atoms with Crippen LogP contribution in [0.4, 0.5) is 4.39 Å². The van der Waals surface area contributed by atoms with Gasteiger partial charge in [-0.25, -0.2) is 4.39 Å². The number of halogens is 1. The lowest BCUT2D eigenvalue weighted by molar-refractivity contribution is 0.626. The van der Waals surface area contributed by atoms with Gasteiger partial charge in [0.05, 0.1) is 6.54 Å². The van der Waals surface area contributed by atoms with Gasteiger partial charge in [-0.1, -0.05) is 31.4 Å². The van der Waals surface area contributed by atoms with Crippen molar-refractivity contribution in [2.24, 2.45) is 5.73 Å². The maximum atomic E-state index is 12.9. The molecule has 0 amide bonds. The van der Waals surface area contributed by atoms with Crippen molar-refractivity contribution in [2.75, 3.05) is 0 Å². The van der Waals surface area contributed by atoms with Crippen LogP contribution in [0.15, 0.2) is 54.5 Å². The number of nitrogens with two attached hydrogens (primary N) is 1. The second-order valence-electron chi connectivity index (χ2n) is 4.43. The molecule has 3 nitrogen and oxygen atoms in total. The second-order valence-corrected chi connectivity index (χ2v) is 4.43. The Morgan fingerprint density at radius 2 is 1.95 bits per heavy atom. The smallest absolute Gasteiger partial charge is 0.258 e. The van der Waals surface area contributed by atoms with Gasteiger partial charge in [-0.2, -0.15) is 0 Å². The summed E-state index contributed by atoms with van der Waals surface area (Å²) in [7, 11) is 0. The minimum Gasteiger partial charge on any atom is -0.399 e. The SMILES string of the molecule is C=Cc1c(C(=C)N)ccn(Cc2ccc(F)cc2)c1=O. The summed E-state index contributed by atoms with van der Waals surface area (Å²) < 4.78 is 14.4. The fourth-order valence-electron chi connectivity index (χ4n) is 1.98. The molecular formula is C16H15FN2O. The lowest BCUT2D eigenvalue weighted by Gasteiger charge is -2.10. The summed E-state index contributed by atoms with van der Waals surface area (Å²) in [5, 5.41) is 0. The summed E-state index contributed by atoms with van der Waals surface area (Å²) in [5.74, 6) is -0.303. The first kappa shape index (κ1) is 13.8. The molecule has 0 atom stereocenters. The monoisotopic (exact) mass is 270 g/mol. The van der Waals surface area contributed by atoms with Crippen molar-refractivity contribution in [1.82, 2.24) is 4.57 Å². The highest BCUT2D eigenvalue weighted by molar-refractivity contribution is 5.69. The second kappa shape index (κ2) is 5.57. The van der Waals surface area contributed by atoms with Gasteiger partial charge in [0.2, 0.25) is 0 Å². The Balaban J connectivity index is 2.43. The number of rotatable bonds is 4. The van der Waals surface area contributed by atoms with Gasteiger partial charge in [-0.15, -0.1) is 0 Å². The molecule has 0 radical (unpaired) electrons. The van der Waals surface area contributed by atoms with Crippen LogP contribution in [0.25, 0.3) is 11.8 Å². The summed E-state index contributed by atoms with van der Waals surface area (Å²) in [6, 6.07) is 7.75. The van der Waals surface area contributed by atoms with Crippen molar-refractivity contribution in [3.05, 3.63) is 82.5 Å². The van der Waals surface area contributed by atoms with E-state index in [0.29, 0.717) is 23.4 Å². The third-order valence-corrected chi connectivity index (χ3v) is 3.02. The highest BCUT2D eigenvalue weighted by Gasteiger charge is 2.08. The first-order chi connectivity index (χ1) is 9.52. The van der Waals surface area contributed by atoms with Crippen molar-refractivity contribution in [3.63, 3.8) is 0 Å². The topological polar surface area (TPSA) is 48.0 Å². The molecule has 1 aromatic carbocycles. The van der Waals surface area contributed by atoms with Gasteiger partial charge in [0.15, 0.2) is 0 Å². The molecule has 0 aliphatic heterocycles. The molecule has 0 aliphatic carbocycles. The van der Waals surface area contributed by atoms with Crippen molar-refractivity contribution in [3.8, 4) is 0 Å². The van der Waals surface area contributed by atoms with E-state index in [1.54, 1.807) is 24.4 Å². The Bertz CT molecular complexity index is 714. The predicted molar refractivity (Wildman–Crippen MR) is 79.5 cm³/mol. The summed E-state index contributed by atoms with van der Waals surface area (Å²) in [6.45, 7) is 7.63. The molecule has 4 heteroatoms. The lowest BCUT2D eigenvalue weighted by atomic mass is 10.1. The molecule has 2 rings (SSSR count). The van der Waals surface area contributed by atoms with Crippen molar-refractivity contribution in [2.45, 2.75) is 6.54 Å². The van der Waals surface area contributed by atoms with Gasteiger partial charge in [-0.05, 0) is 23.8 Å². The maximum Gasteiger partial charge on any atom is 0.258 e. The van der Waals surface area contributed by atoms with Crippen LogP contribution in [0.5, 0.6) is 0 Å². The molecule has 0 saturated heterocycles. The van der Waals surface area contributed by atoms with E-state index in [9.17, 15) is 9.18 Å². The summed E-state index contributed by atoms with van der Waals surface area (Å²) in [6.07, 6.45) is 3.11. The van der Waals surface area contributed by atoms with E-state index in [2.05, 4.69) is 13.2 Å². The average molecular weight is 270 g/mol. The van der Waals surface area contributed by atoms with Gasteiger partial charge in [0.25, 0.3) is 5.56 Å². The average Bonchev–Trinajstić information content (AvgIpc) is 2.43. The Morgan fingerprint density at radius 3 is 2.50 bits per heavy atom. The molecule has 1 aromatic heterocycles. The molecule has 20 heavy (non-hydrogen) atoms. The van der Waals surface area contributed by atoms with Gasteiger partial charge >= 0.3 is 0 Å². The number of pyridine rings is 1. The Kier molecular flexibility index (Phi) is 3.84. The Hall–Kier alpha value is -2.62. The fourth-order valence-corrected chi connectivity index (χ4v) is 1.98. The Morgan fingerprint density at radius 1 is 1.30 bits per heavy atom. The molecule has 2 N–H and O–H groups in total. The zero-order valence-electron chi connectivity index (χ0n) is 11.0. The van der Waals surface area contributed by atoms with Crippen LogP contribution in [0.1, 0.15) is 16.7 Å². The van der Waals surface area contributed by atoms with Crippen LogP contribution in [0.2, 0.25) is 0 Å². The zero-order valence-corrected chi connectivity index (χ0v) is 11.0. The molecule has 0 unspecified atom stereocenters. The van der Waals surface area contributed by atoms with Crippen molar-refractivity contribution >= 4 is 11.8 Å². The van der Waals surface area contributed by atoms with Crippen LogP contribution in [0.3, 0.4) is 0 Å². The van der Waals surface area contributed by atoms with Gasteiger partial charge in [0, 0.05) is 23.0 Å². The zero-order chi connectivity index (χ0) is 14.7. The highest BCUT2D eigenvalue weighted by atomic mass is 19.1. The van der Waals surface area contributed by atoms with Crippen LogP contribution in [0, 0.1) is 5.82 Å². The largest absolute Gasteiger partial charge is 0.399 e. The van der Waals surface area contributed by atoms with E-state index in [-0.39, 0.29) is 11.4 Å². The fraction of sp³-hybridized carbons (Fsp3) is 0.0625. The third kappa shape index (κ3) is 2.69. The predicted octanol–water partition coefficient (Wildman–Crippen LogP) is 2.61. The number of benzene rings is 1. The van der Waals surface area contributed by atoms with Crippen molar-refractivity contribution < 1.29 is 4.39 Å². The molecule has 0 saturated carbocycles. The molecule has 0 spiro atoms. The molecule has 0 fully saturated rings. The number of hydrogen-bond donors (Lipinski definition) is 1. The Labute approximate surface area is 116 Å². The first-order valence-electron chi connectivity index (χ1n) is 6.08. The highest BCUT2D eigenvalue weighted by Crippen LogP contribution is 2.12.